The second-order valence-corrected chi connectivity index (χ2v) is 10.7. The molecule has 3 heterocycles. The van der Waals surface area contributed by atoms with Crippen molar-refractivity contribution in [1.82, 2.24) is 24.9 Å². The lowest BCUT2D eigenvalue weighted by atomic mass is 10.0. The van der Waals surface area contributed by atoms with E-state index in [1.54, 1.807) is 15.6 Å². The van der Waals surface area contributed by atoms with E-state index in [0.717, 1.165) is 37.3 Å². The van der Waals surface area contributed by atoms with Crippen LogP contribution in [0.25, 0.3) is 0 Å². The zero-order chi connectivity index (χ0) is 26.8. The van der Waals surface area contributed by atoms with Crippen molar-refractivity contribution in [2.75, 3.05) is 32.7 Å². The molecule has 0 aliphatic carbocycles. The van der Waals surface area contributed by atoms with Gasteiger partial charge in [-0.2, -0.15) is 5.10 Å². The van der Waals surface area contributed by atoms with Gasteiger partial charge in [0.15, 0.2) is 0 Å². The summed E-state index contributed by atoms with van der Waals surface area (Å²) in [6, 6.07) is 16.1. The molecule has 7 nitrogen and oxygen atoms in total. The van der Waals surface area contributed by atoms with Crippen LogP contribution in [0.4, 0.5) is 4.39 Å². The number of hydrogen-bond donors (Lipinski definition) is 1. The summed E-state index contributed by atoms with van der Waals surface area (Å²) < 4.78 is 16.0. The van der Waals surface area contributed by atoms with E-state index in [-0.39, 0.29) is 28.4 Å². The summed E-state index contributed by atoms with van der Waals surface area (Å²) in [5, 5.41) is 7.80. The minimum absolute atomic E-state index is 0.0351. The maximum Gasteiger partial charge on any atom is 0.270 e. The third-order valence-corrected chi connectivity index (χ3v) is 8.02. The zero-order valence-corrected chi connectivity index (χ0v) is 22.5. The fourth-order valence-electron chi connectivity index (χ4n) is 5.82. The zero-order valence-electron chi connectivity index (χ0n) is 21.7. The summed E-state index contributed by atoms with van der Waals surface area (Å²) in [6.45, 7) is 8.27. The Morgan fingerprint density at radius 1 is 1.08 bits per heavy atom. The molecule has 2 fully saturated rings. The summed E-state index contributed by atoms with van der Waals surface area (Å²) in [7, 11) is 0. The Bertz CT molecular complexity index is 1280. The highest BCUT2D eigenvalue weighted by atomic mass is 35.5. The minimum atomic E-state index is -0.577. The van der Waals surface area contributed by atoms with Gasteiger partial charge >= 0.3 is 0 Å². The first-order valence-corrected chi connectivity index (χ1v) is 13.6. The number of amides is 2. The molecule has 0 bridgehead atoms. The molecule has 0 radical (unpaired) electrons. The highest BCUT2D eigenvalue weighted by Crippen LogP contribution is 2.33. The molecule has 3 aromatic rings. The van der Waals surface area contributed by atoms with Crippen molar-refractivity contribution in [1.29, 1.82) is 0 Å². The molecule has 1 N–H and O–H groups in total. The molecule has 3 atom stereocenters. The highest BCUT2D eigenvalue weighted by molar-refractivity contribution is 6.33. The number of likely N-dealkylation sites (tertiary alicyclic amines) is 2. The van der Waals surface area contributed by atoms with Gasteiger partial charge in [0.2, 0.25) is 0 Å². The number of nitrogens with one attached hydrogen (secondary N) is 1. The van der Waals surface area contributed by atoms with Crippen LogP contribution >= 0.6 is 11.6 Å². The van der Waals surface area contributed by atoms with E-state index in [1.807, 2.05) is 50.2 Å². The highest BCUT2D eigenvalue weighted by Gasteiger charge is 2.42. The molecule has 2 aliphatic heterocycles. The van der Waals surface area contributed by atoms with Crippen LogP contribution in [0.3, 0.4) is 0 Å². The molecule has 2 saturated heterocycles. The fraction of sp³-hybridized carbons (Fsp3) is 0.414. The number of nitrogens with zero attached hydrogens (tertiary/aromatic N) is 4. The molecule has 38 heavy (non-hydrogen) atoms. The Morgan fingerprint density at radius 3 is 2.45 bits per heavy atom. The van der Waals surface area contributed by atoms with Gasteiger partial charge in [0, 0.05) is 39.3 Å². The van der Waals surface area contributed by atoms with Crippen molar-refractivity contribution in [3.05, 3.63) is 88.0 Å². The van der Waals surface area contributed by atoms with Gasteiger partial charge < -0.3 is 15.1 Å². The SMILES string of the molecule is CCn1nc(C)cc1C(=O)N[C@@H](CCN1CC2CN(C(=O)c3c(F)cccc3Cl)CC2C1)c1ccccc1. The Balaban J connectivity index is 1.20. The number of benzene rings is 2. The second kappa shape index (κ2) is 11.3. The molecular weight excluding hydrogens is 505 g/mol. The normalized spacial score (nSPS) is 19.9. The lowest BCUT2D eigenvalue weighted by Crippen LogP contribution is -2.36. The predicted molar refractivity (Wildman–Crippen MR) is 145 cm³/mol. The van der Waals surface area contributed by atoms with Crippen molar-refractivity contribution in [3.8, 4) is 0 Å². The average molecular weight is 538 g/mol. The van der Waals surface area contributed by atoms with E-state index in [4.69, 9.17) is 11.6 Å². The van der Waals surface area contributed by atoms with Crippen molar-refractivity contribution >= 4 is 23.4 Å². The monoisotopic (exact) mass is 537 g/mol. The number of aromatic nitrogens is 2. The third-order valence-electron chi connectivity index (χ3n) is 7.70. The van der Waals surface area contributed by atoms with Crippen LogP contribution in [0.1, 0.15) is 51.5 Å². The van der Waals surface area contributed by atoms with Gasteiger partial charge in [-0.15, -0.1) is 0 Å². The van der Waals surface area contributed by atoms with Crippen LogP contribution in [-0.4, -0.2) is 64.1 Å². The topological polar surface area (TPSA) is 70.5 Å². The van der Waals surface area contributed by atoms with Gasteiger partial charge in [0.05, 0.1) is 22.3 Å². The van der Waals surface area contributed by atoms with Gasteiger partial charge in [0.25, 0.3) is 11.8 Å². The van der Waals surface area contributed by atoms with Gasteiger partial charge in [-0.1, -0.05) is 48.0 Å². The van der Waals surface area contributed by atoms with Gasteiger partial charge in [-0.3, -0.25) is 14.3 Å². The Morgan fingerprint density at radius 2 is 1.79 bits per heavy atom. The number of fused-ring (bicyclic) bond motifs is 1. The molecule has 2 unspecified atom stereocenters. The van der Waals surface area contributed by atoms with E-state index in [1.165, 1.54) is 12.1 Å². The molecule has 1 aromatic heterocycles. The number of carbonyl (C=O) groups excluding carboxylic acids is 2. The van der Waals surface area contributed by atoms with E-state index >= 15 is 0 Å². The van der Waals surface area contributed by atoms with E-state index in [9.17, 15) is 14.0 Å². The van der Waals surface area contributed by atoms with Crippen molar-refractivity contribution in [2.45, 2.75) is 32.9 Å². The third kappa shape index (κ3) is 5.47. The summed E-state index contributed by atoms with van der Waals surface area (Å²) in [5.41, 5.74) is 2.42. The van der Waals surface area contributed by atoms with E-state index in [2.05, 4.69) is 15.3 Å². The molecule has 9 heteroatoms. The number of rotatable bonds is 8. The van der Waals surface area contributed by atoms with Crippen LogP contribution in [0.2, 0.25) is 5.02 Å². The molecule has 2 amide bonds. The molecular formula is C29H33ClFN5O2. The number of hydrogen-bond acceptors (Lipinski definition) is 4. The van der Waals surface area contributed by atoms with Crippen LogP contribution in [0.15, 0.2) is 54.6 Å². The maximum atomic E-state index is 14.3. The Hall–Kier alpha value is -3.23. The van der Waals surface area contributed by atoms with Crippen LogP contribution in [-0.2, 0) is 6.54 Å². The van der Waals surface area contributed by atoms with Crippen LogP contribution in [0.5, 0.6) is 0 Å². The summed E-state index contributed by atoms with van der Waals surface area (Å²) in [4.78, 5) is 30.3. The lowest BCUT2D eigenvalue weighted by Gasteiger charge is -2.25. The number of halogens is 2. The molecule has 0 spiro atoms. The molecule has 2 aliphatic rings. The van der Waals surface area contributed by atoms with Crippen molar-refractivity contribution in [2.24, 2.45) is 11.8 Å². The quantitative estimate of drug-likeness (QED) is 0.457. The average Bonchev–Trinajstić information content (AvgIpc) is 3.59. The smallest absolute Gasteiger partial charge is 0.270 e. The van der Waals surface area contributed by atoms with Gasteiger partial charge in [-0.05, 0) is 55.9 Å². The van der Waals surface area contributed by atoms with Crippen LogP contribution in [0, 0.1) is 24.6 Å². The minimum Gasteiger partial charge on any atom is -0.344 e. The molecule has 200 valence electrons. The van der Waals surface area contributed by atoms with Gasteiger partial charge in [-0.25, -0.2) is 4.39 Å². The first-order valence-electron chi connectivity index (χ1n) is 13.2. The Kier molecular flexibility index (Phi) is 7.81. The maximum absolute atomic E-state index is 14.3. The Labute approximate surface area is 227 Å². The standard InChI is InChI=1S/C29H33ClFN5O2/c1-3-36-26(14-19(2)33-36)28(37)32-25(20-8-5-4-6-9-20)12-13-34-15-21-17-35(18-22(21)16-34)29(38)27-23(30)10-7-11-24(27)31/h4-11,14,21-22,25H,3,12-13,15-18H2,1-2H3,(H,32,37)/t21?,22?,25-/m0/s1. The lowest BCUT2D eigenvalue weighted by molar-refractivity contribution is 0.0769. The molecule has 5 rings (SSSR count). The van der Waals surface area contributed by atoms with E-state index < -0.39 is 5.82 Å². The summed E-state index contributed by atoms with van der Waals surface area (Å²) >= 11 is 6.13. The number of carbonyl (C=O) groups is 2. The van der Waals surface area contributed by atoms with Gasteiger partial charge in [0.1, 0.15) is 11.5 Å². The first kappa shape index (κ1) is 26.4. The molecule has 2 aromatic carbocycles. The fourth-order valence-corrected chi connectivity index (χ4v) is 6.06. The number of aryl methyl sites for hydroxylation is 2. The van der Waals surface area contributed by atoms with Crippen LogP contribution < -0.4 is 5.32 Å². The predicted octanol–water partition coefficient (Wildman–Crippen LogP) is 4.57. The summed E-state index contributed by atoms with van der Waals surface area (Å²) in [6.07, 6.45) is 0.766. The molecule has 0 saturated carbocycles. The van der Waals surface area contributed by atoms with Crippen molar-refractivity contribution < 1.29 is 14.0 Å². The van der Waals surface area contributed by atoms with E-state index in [0.29, 0.717) is 37.2 Å². The van der Waals surface area contributed by atoms with Crippen molar-refractivity contribution in [3.63, 3.8) is 0 Å². The second-order valence-electron chi connectivity index (χ2n) is 10.3. The first-order chi connectivity index (χ1) is 18.3. The largest absolute Gasteiger partial charge is 0.344 e. The summed E-state index contributed by atoms with van der Waals surface area (Å²) in [5.74, 6) is -0.345.